The van der Waals surface area contributed by atoms with Crippen LogP contribution >= 0.6 is 34.7 Å². The Morgan fingerprint density at radius 1 is 1.30 bits per heavy atom. The Hall–Kier alpha value is -2.33. The predicted octanol–water partition coefficient (Wildman–Crippen LogP) is 5.35. The Morgan fingerprint density at radius 2 is 2.14 bits per heavy atom. The fourth-order valence-corrected chi connectivity index (χ4v) is 6.93. The van der Waals surface area contributed by atoms with Crippen molar-refractivity contribution >= 4 is 52.3 Å². The van der Waals surface area contributed by atoms with Crippen LogP contribution < -0.4 is 10.2 Å². The average molecular weight is 559 g/mol. The third kappa shape index (κ3) is 5.60. The van der Waals surface area contributed by atoms with Gasteiger partial charge in [-0.3, -0.25) is 14.5 Å². The average Bonchev–Trinajstić information content (AvgIpc) is 3.61. The second-order valence-corrected chi connectivity index (χ2v) is 12.7. The molecule has 2 aliphatic heterocycles. The molecule has 2 aliphatic rings. The highest BCUT2D eigenvalue weighted by molar-refractivity contribution is 8.00. The first-order valence-corrected chi connectivity index (χ1v) is 14.8. The van der Waals surface area contributed by atoms with Gasteiger partial charge in [0.25, 0.3) is 0 Å². The van der Waals surface area contributed by atoms with Gasteiger partial charge in [-0.15, -0.1) is 11.8 Å². The maximum Gasteiger partial charge on any atom is 0.240 e. The summed E-state index contributed by atoms with van der Waals surface area (Å²) in [5.74, 6) is 0.545. The van der Waals surface area contributed by atoms with Gasteiger partial charge in [-0.25, -0.2) is 4.68 Å². The zero-order valence-electron chi connectivity index (χ0n) is 21.2. The predicted molar refractivity (Wildman–Crippen MR) is 150 cm³/mol. The van der Waals surface area contributed by atoms with Gasteiger partial charge in [-0.2, -0.15) is 16.4 Å². The van der Waals surface area contributed by atoms with Crippen LogP contribution in [-0.2, 0) is 19.7 Å². The van der Waals surface area contributed by atoms with E-state index in [1.54, 1.807) is 32.7 Å². The standard InChI is InChI=1S/C27H31ClN4O3S2/c1-27(2,3)25-23-24(17-9-11-36-15-17)37-16-22(34)31(14-21(33)29-13-20-8-5-10-35-20)26(23)32(30-25)19-7-4-6-18(28)12-19/h4,6-7,9,11-12,15,20,24H,5,8,10,13-14,16H2,1-3H3,(H,29,33)/t20-,24+/m1/s1. The number of benzene rings is 1. The van der Waals surface area contributed by atoms with E-state index in [0.717, 1.165) is 42.0 Å². The summed E-state index contributed by atoms with van der Waals surface area (Å²) in [6.07, 6.45) is 1.97. The van der Waals surface area contributed by atoms with Gasteiger partial charge in [0.1, 0.15) is 12.4 Å². The molecule has 1 fully saturated rings. The molecular weight excluding hydrogens is 528 g/mol. The van der Waals surface area contributed by atoms with Crippen LogP contribution in [-0.4, -0.2) is 53.1 Å². The number of amides is 2. The molecule has 2 amide bonds. The number of thioether (sulfide) groups is 1. The number of hydrogen-bond donors (Lipinski definition) is 1. The summed E-state index contributed by atoms with van der Waals surface area (Å²) >= 11 is 9.58. The monoisotopic (exact) mass is 558 g/mol. The highest BCUT2D eigenvalue weighted by Gasteiger charge is 2.40. The Kier molecular flexibility index (Phi) is 7.68. The van der Waals surface area contributed by atoms with Crippen molar-refractivity contribution in [2.24, 2.45) is 0 Å². The van der Waals surface area contributed by atoms with Crippen molar-refractivity contribution in [3.63, 3.8) is 0 Å². The van der Waals surface area contributed by atoms with E-state index in [2.05, 4.69) is 42.9 Å². The van der Waals surface area contributed by atoms with Crippen LogP contribution in [0.25, 0.3) is 5.69 Å². The molecule has 2 aromatic heterocycles. The topological polar surface area (TPSA) is 76.5 Å². The molecule has 0 aliphatic carbocycles. The lowest BCUT2D eigenvalue weighted by Gasteiger charge is -2.24. The van der Waals surface area contributed by atoms with Crippen molar-refractivity contribution in [3.05, 3.63) is 62.9 Å². The smallest absolute Gasteiger partial charge is 0.240 e. The maximum absolute atomic E-state index is 13.6. The van der Waals surface area contributed by atoms with Crippen LogP contribution in [0, 0.1) is 0 Å². The third-order valence-electron chi connectivity index (χ3n) is 6.55. The van der Waals surface area contributed by atoms with E-state index in [0.29, 0.717) is 17.4 Å². The Bertz CT molecular complexity index is 1280. The van der Waals surface area contributed by atoms with Crippen molar-refractivity contribution in [2.45, 2.75) is 50.4 Å². The molecule has 0 spiro atoms. The summed E-state index contributed by atoms with van der Waals surface area (Å²) in [5.41, 5.74) is 3.43. The summed E-state index contributed by atoms with van der Waals surface area (Å²) in [6, 6.07) is 9.53. The Morgan fingerprint density at radius 3 is 2.81 bits per heavy atom. The molecule has 3 aromatic rings. The minimum atomic E-state index is -0.302. The van der Waals surface area contributed by atoms with Crippen LogP contribution in [0.5, 0.6) is 0 Å². The van der Waals surface area contributed by atoms with E-state index < -0.39 is 0 Å². The minimum absolute atomic E-state index is 0.0300. The molecule has 0 saturated carbocycles. The van der Waals surface area contributed by atoms with Crippen LogP contribution in [0.3, 0.4) is 0 Å². The van der Waals surface area contributed by atoms with Crippen LogP contribution in [0.15, 0.2) is 41.1 Å². The number of hydrogen-bond acceptors (Lipinski definition) is 6. The molecule has 10 heteroatoms. The molecule has 4 heterocycles. The minimum Gasteiger partial charge on any atom is -0.376 e. The molecule has 1 aromatic carbocycles. The highest BCUT2D eigenvalue weighted by atomic mass is 35.5. The lowest BCUT2D eigenvalue weighted by Crippen LogP contribution is -2.44. The van der Waals surface area contributed by atoms with Crippen LogP contribution in [0.4, 0.5) is 5.82 Å². The fourth-order valence-electron chi connectivity index (χ4n) is 4.78. The molecule has 2 atom stereocenters. The van der Waals surface area contributed by atoms with Crippen molar-refractivity contribution < 1.29 is 14.3 Å². The number of halogens is 1. The van der Waals surface area contributed by atoms with Crippen LogP contribution in [0.2, 0.25) is 5.02 Å². The summed E-state index contributed by atoms with van der Waals surface area (Å²) in [7, 11) is 0. The first-order valence-electron chi connectivity index (χ1n) is 12.4. The lowest BCUT2D eigenvalue weighted by molar-refractivity contribution is -0.123. The highest BCUT2D eigenvalue weighted by Crippen LogP contribution is 2.48. The Balaban J connectivity index is 1.63. The van der Waals surface area contributed by atoms with Gasteiger partial charge in [0, 0.05) is 29.2 Å². The molecule has 7 nitrogen and oxygen atoms in total. The molecule has 0 unspecified atom stereocenters. The zero-order valence-corrected chi connectivity index (χ0v) is 23.6. The molecule has 0 radical (unpaired) electrons. The summed E-state index contributed by atoms with van der Waals surface area (Å²) in [5, 5.41) is 12.7. The molecule has 0 bridgehead atoms. The molecule has 1 N–H and O–H groups in total. The molecule has 1 saturated heterocycles. The van der Waals surface area contributed by atoms with E-state index in [9.17, 15) is 9.59 Å². The number of anilines is 1. The van der Waals surface area contributed by atoms with E-state index in [1.165, 1.54) is 0 Å². The summed E-state index contributed by atoms with van der Waals surface area (Å²) < 4.78 is 7.44. The second kappa shape index (κ2) is 10.8. The number of nitrogens with zero attached hydrogens (tertiary/aromatic N) is 3. The van der Waals surface area contributed by atoms with Crippen LogP contribution in [0.1, 0.15) is 55.7 Å². The van der Waals surface area contributed by atoms with Gasteiger partial charge in [-0.05, 0) is 53.4 Å². The number of carbonyl (C=O) groups excluding carboxylic acids is 2. The SMILES string of the molecule is CC(C)(C)c1nn(-c2cccc(Cl)c2)c2c1[C@H](c1ccsc1)SCC(=O)N2CC(=O)NC[C@H]1CCCO1. The van der Waals surface area contributed by atoms with Gasteiger partial charge in [0.2, 0.25) is 11.8 Å². The van der Waals surface area contributed by atoms with Gasteiger partial charge in [0.05, 0.1) is 28.5 Å². The molecular formula is C27H31ClN4O3S2. The summed E-state index contributed by atoms with van der Waals surface area (Å²) in [6.45, 7) is 7.45. The van der Waals surface area contributed by atoms with Gasteiger partial charge in [-0.1, -0.05) is 38.4 Å². The molecule has 5 rings (SSSR count). The van der Waals surface area contributed by atoms with E-state index in [1.807, 2.05) is 24.3 Å². The van der Waals surface area contributed by atoms with E-state index in [-0.39, 0.29) is 40.9 Å². The first-order chi connectivity index (χ1) is 17.7. The molecule has 37 heavy (non-hydrogen) atoms. The number of fused-ring (bicyclic) bond motifs is 1. The number of ether oxygens (including phenoxy) is 1. The normalized spacial score (nSPS) is 20.1. The van der Waals surface area contributed by atoms with Gasteiger partial charge in [0.15, 0.2) is 0 Å². The maximum atomic E-state index is 13.6. The first kappa shape index (κ1) is 26.3. The summed E-state index contributed by atoms with van der Waals surface area (Å²) in [4.78, 5) is 28.4. The van der Waals surface area contributed by atoms with Crippen molar-refractivity contribution in [2.75, 3.05) is 30.3 Å². The van der Waals surface area contributed by atoms with Crippen molar-refractivity contribution in [3.8, 4) is 5.69 Å². The second-order valence-electron chi connectivity index (χ2n) is 10.4. The van der Waals surface area contributed by atoms with Crippen molar-refractivity contribution in [1.82, 2.24) is 15.1 Å². The Labute approximate surface area is 230 Å². The third-order valence-corrected chi connectivity index (χ3v) is 8.74. The largest absolute Gasteiger partial charge is 0.376 e. The zero-order chi connectivity index (χ0) is 26.2. The quantitative estimate of drug-likeness (QED) is 0.441. The molecule has 196 valence electrons. The number of aromatic nitrogens is 2. The van der Waals surface area contributed by atoms with E-state index >= 15 is 0 Å². The number of carbonyl (C=O) groups is 2. The number of rotatable bonds is 6. The van der Waals surface area contributed by atoms with Crippen molar-refractivity contribution in [1.29, 1.82) is 0 Å². The van der Waals surface area contributed by atoms with Gasteiger partial charge >= 0.3 is 0 Å². The fraction of sp³-hybridized carbons (Fsp3) is 0.444. The van der Waals surface area contributed by atoms with Gasteiger partial charge < -0.3 is 10.1 Å². The van der Waals surface area contributed by atoms with E-state index in [4.69, 9.17) is 21.4 Å². The lowest BCUT2D eigenvalue weighted by atomic mass is 9.87. The number of thiophene rings is 1. The number of nitrogens with one attached hydrogen (secondary N) is 1.